The Hall–Kier alpha value is -0.360. The number of nitrogens with one attached hydrogen (secondary N) is 2. The summed E-state index contributed by atoms with van der Waals surface area (Å²) in [7, 11) is -2.78. The highest BCUT2D eigenvalue weighted by Crippen LogP contribution is 2.17. The Morgan fingerprint density at radius 1 is 1.44 bits per heavy atom. The van der Waals surface area contributed by atoms with Gasteiger partial charge in [0, 0.05) is 12.1 Å². The fourth-order valence-electron chi connectivity index (χ4n) is 1.65. The Labute approximate surface area is 103 Å². The van der Waals surface area contributed by atoms with Gasteiger partial charge in [-0.15, -0.1) is 0 Å². The van der Waals surface area contributed by atoms with Gasteiger partial charge in [-0.2, -0.15) is 0 Å². The number of thiocarbonyl (C=S) groups is 1. The minimum Gasteiger partial charge on any atom is -0.362 e. The van der Waals surface area contributed by atoms with Crippen LogP contribution in [0.15, 0.2) is 0 Å². The molecule has 1 heterocycles. The average Bonchev–Trinajstić information content (AvgIpc) is 2.39. The molecule has 0 spiro atoms. The second kappa shape index (κ2) is 4.87. The molecule has 1 atom stereocenters. The van der Waals surface area contributed by atoms with Crippen LogP contribution in [0.1, 0.15) is 27.2 Å². The summed E-state index contributed by atoms with van der Waals surface area (Å²) in [6, 6.07) is 0. The van der Waals surface area contributed by atoms with E-state index < -0.39 is 9.84 Å². The minimum atomic E-state index is -2.78. The first-order valence-electron chi connectivity index (χ1n) is 5.44. The molecule has 0 aliphatic carbocycles. The summed E-state index contributed by atoms with van der Waals surface area (Å²) in [6.45, 7) is 6.73. The lowest BCUT2D eigenvalue weighted by Gasteiger charge is -2.23. The van der Waals surface area contributed by atoms with Crippen LogP contribution in [0.2, 0.25) is 0 Å². The molecule has 0 aromatic heterocycles. The molecule has 4 nitrogen and oxygen atoms in total. The molecule has 0 saturated carbocycles. The predicted octanol–water partition coefficient (Wildman–Crippen LogP) is 0.684. The molecular weight excluding hydrogens is 244 g/mol. The topological polar surface area (TPSA) is 58.2 Å². The van der Waals surface area contributed by atoms with Crippen LogP contribution < -0.4 is 10.6 Å². The highest BCUT2D eigenvalue weighted by atomic mass is 32.2. The first kappa shape index (κ1) is 13.7. The lowest BCUT2D eigenvalue weighted by atomic mass is 10.1. The van der Waals surface area contributed by atoms with Gasteiger partial charge in [-0.3, -0.25) is 0 Å². The Kier molecular flexibility index (Phi) is 4.17. The molecule has 1 aliphatic heterocycles. The molecule has 94 valence electrons. The van der Waals surface area contributed by atoms with Crippen molar-refractivity contribution in [1.29, 1.82) is 0 Å². The minimum absolute atomic E-state index is 0.0637. The van der Waals surface area contributed by atoms with E-state index in [2.05, 4.69) is 10.6 Å². The van der Waals surface area contributed by atoms with Gasteiger partial charge in [0.05, 0.1) is 11.5 Å². The van der Waals surface area contributed by atoms with Crippen LogP contribution in [-0.2, 0) is 9.84 Å². The molecule has 0 radical (unpaired) electrons. The fraction of sp³-hybridized carbons (Fsp3) is 0.900. The second-order valence-electron chi connectivity index (χ2n) is 5.35. The molecule has 16 heavy (non-hydrogen) atoms. The van der Waals surface area contributed by atoms with Gasteiger partial charge < -0.3 is 10.6 Å². The molecule has 0 amide bonds. The molecule has 0 aromatic rings. The molecule has 1 rings (SSSR count). The summed E-state index contributed by atoms with van der Waals surface area (Å²) < 4.78 is 22.5. The van der Waals surface area contributed by atoms with Gasteiger partial charge in [0.15, 0.2) is 14.9 Å². The van der Waals surface area contributed by atoms with E-state index in [1.54, 1.807) is 0 Å². The van der Waals surface area contributed by atoms with E-state index in [1.807, 2.05) is 20.8 Å². The molecule has 0 bridgehead atoms. The van der Waals surface area contributed by atoms with Crippen LogP contribution in [0.4, 0.5) is 0 Å². The summed E-state index contributed by atoms with van der Waals surface area (Å²) in [5, 5.41) is 6.80. The molecule has 1 fully saturated rings. The molecule has 0 unspecified atom stereocenters. The normalized spacial score (nSPS) is 24.1. The third kappa shape index (κ3) is 5.12. The maximum atomic E-state index is 11.2. The fourth-order valence-corrected chi connectivity index (χ4v) is 3.91. The summed E-state index contributed by atoms with van der Waals surface area (Å²) >= 11 is 5.12. The maximum Gasteiger partial charge on any atom is 0.166 e. The first-order chi connectivity index (χ1) is 7.18. The van der Waals surface area contributed by atoms with Gasteiger partial charge in [-0.25, -0.2) is 8.42 Å². The van der Waals surface area contributed by atoms with E-state index in [1.165, 1.54) is 0 Å². The van der Waals surface area contributed by atoms with E-state index in [9.17, 15) is 8.42 Å². The van der Waals surface area contributed by atoms with Crippen molar-refractivity contribution < 1.29 is 8.42 Å². The van der Waals surface area contributed by atoms with Crippen molar-refractivity contribution >= 4 is 27.2 Å². The molecular formula is C10H20N2O2S2. The zero-order chi connectivity index (χ0) is 12.4. The van der Waals surface area contributed by atoms with Crippen molar-refractivity contribution in [2.45, 2.75) is 32.7 Å². The van der Waals surface area contributed by atoms with E-state index in [0.717, 1.165) is 6.42 Å². The Bertz CT molecular complexity index is 358. The lowest BCUT2D eigenvalue weighted by molar-refractivity contribution is 0.498. The monoisotopic (exact) mass is 264 g/mol. The van der Waals surface area contributed by atoms with E-state index in [-0.39, 0.29) is 17.2 Å². The summed E-state index contributed by atoms with van der Waals surface area (Å²) in [5.74, 6) is 0.807. The Morgan fingerprint density at radius 2 is 2.06 bits per heavy atom. The van der Waals surface area contributed by atoms with Crippen molar-refractivity contribution in [3.8, 4) is 0 Å². The zero-order valence-electron chi connectivity index (χ0n) is 10.0. The van der Waals surface area contributed by atoms with Crippen LogP contribution >= 0.6 is 12.2 Å². The van der Waals surface area contributed by atoms with Crippen LogP contribution in [0.3, 0.4) is 0 Å². The predicted molar refractivity (Wildman–Crippen MR) is 70.3 cm³/mol. The first-order valence-corrected chi connectivity index (χ1v) is 7.67. The van der Waals surface area contributed by atoms with Crippen molar-refractivity contribution in [2.24, 2.45) is 5.92 Å². The van der Waals surface area contributed by atoms with Crippen LogP contribution in [0, 0.1) is 5.92 Å². The van der Waals surface area contributed by atoms with Crippen molar-refractivity contribution in [3.63, 3.8) is 0 Å². The summed E-state index contributed by atoms with van der Waals surface area (Å²) in [5.41, 5.74) is -0.0637. The molecule has 1 aliphatic rings. The van der Waals surface area contributed by atoms with Crippen molar-refractivity contribution in [1.82, 2.24) is 10.6 Å². The van der Waals surface area contributed by atoms with Gasteiger partial charge in [-0.05, 0) is 45.3 Å². The quantitative estimate of drug-likeness (QED) is 0.719. The highest BCUT2D eigenvalue weighted by Gasteiger charge is 2.27. The van der Waals surface area contributed by atoms with Gasteiger partial charge in [0.25, 0.3) is 0 Å². The van der Waals surface area contributed by atoms with E-state index in [0.29, 0.717) is 17.4 Å². The average molecular weight is 264 g/mol. The number of rotatable bonds is 2. The maximum absolute atomic E-state index is 11.2. The number of hydrogen-bond acceptors (Lipinski definition) is 3. The Balaban J connectivity index is 2.29. The summed E-state index contributed by atoms with van der Waals surface area (Å²) in [4.78, 5) is 0. The smallest absolute Gasteiger partial charge is 0.166 e. The van der Waals surface area contributed by atoms with Crippen LogP contribution in [-0.4, -0.2) is 37.1 Å². The van der Waals surface area contributed by atoms with Gasteiger partial charge in [-0.1, -0.05) is 0 Å². The van der Waals surface area contributed by atoms with Gasteiger partial charge in [0.2, 0.25) is 0 Å². The molecule has 1 saturated heterocycles. The van der Waals surface area contributed by atoms with Gasteiger partial charge >= 0.3 is 0 Å². The highest BCUT2D eigenvalue weighted by molar-refractivity contribution is 7.91. The van der Waals surface area contributed by atoms with Crippen LogP contribution in [0.5, 0.6) is 0 Å². The third-order valence-corrected chi connectivity index (χ3v) is 4.45. The summed E-state index contributed by atoms with van der Waals surface area (Å²) in [6.07, 6.45) is 0.744. The van der Waals surface area contributed by atoms with E-state index in [4.69, 9.17) is 12.2 Å². The largest absolute Gasteiger partial charge is 0.362 e. The Morgan fingerprint density at radius 3 is 2.50 bits per heavy atom. The van der Waals surface area contributed by atoms with Gasteiger partial charge in [0.1, 0.15) is 0 Å². The number of hydrogen-bond donors (Lipinski definition) is 2. The number of sulfone groups is 1. The standard InChI is InChI=1S/C10H20N2O2S2/c1-10(2,3)12-9(15)11-6-8-4-5-16(13,14)7-8/h8H,4-7H2,1-3H3,(H2,11,12,15)/t8-/m0/s1. The van der Waals surface area contributed by atoms with Crippen molar-refractivity contribution in [2.75, 3.05) is 18.1 Å². The van der Waals surface area contributed by atoms with E-state index >= 15 is 0 Å². The van der Waals surface area contributed by atoms with Crippen molar-refractivity contribution in [3.05, 3.63) is 0 Å². The molecule has 6 heteroatoms. The zero-order valence-corrected chi connectivity index (χ0v) is 11.7. The lowest BCUT2D eigenvalue weighted by Crippen LogP contribution is -2.47. The molecule has 2 N–H and O–H groups in total. The SMILES string of the molecule is CC(C)(C)NC(=S)NC[C@@H]1CCS(=O)(=O)C1. The second-order valence-corrected chi connectivity index (χ2v) is 7.99. The van der Waals surface area contributed by atoms with Crippen LogP contribution in [0.25, 0.3) is 0 Å². The third-order valence-electron chi connectivity index (χ3n) is 2.37. The molecule has 0 aromatic carbocycles.